The molecule has 0 unspecified atom stereocenters. The van der Waals surface area contributed by atoms with Gasteiger partial charge in [0.2, 0.25) is 5.91 Å². The molecule has 0 heterocycles. The van der Waals surface area contributed by atoms with Gasteiger partial charge in [0.25, 0.3) is 0 Å². The average molecular weight is 271 g/mol. The number of methoxy groups -OCH3 is 1. The Balaban J connectivity index is 2.64. The van der Waals surface area contributed by atoms with Crippen LogP contribution in [0.2, 0.25) is 5.02 Å². The van der Waals surface area contributed by atoms with Crippen molar-refractivity contribution < 1.29 is 9.53 Å². The van der Waals surface area contributed by atoms with Crippen molar-refractivity contribution in [3.8, 4) is 0 Å². The van der Waals surface area contributed by atoms with Crippen molar-refractivity contribution in [2.24, 2.45) is 5.73 Å². The standard InChI is InChI=1S/C13H19ClN2O2/c1-13(2,18-3)6-7-16-9-4-5-11(14)10(8-9)12(15)17/h4-5,8,16H,6-7H2,1-3H3,(H2,15,17). The van der Waals surface area contributed by atoms with Crippen LogP contribution < -0.4 is 11.1 Å². The molecule has 0 atom stereocenters. The SMILES string of the molecule is COC(C)(C)CCNc1ccc(Cl)c(C(N)=O)c1. The summed E-state index contributed by atoms with van der Waals surface area (Å²) in [5.41, 5.74) is 6.20. The molecule has 0 aliphatic carbocycles. The Morgan fingerprint density at radius 1 is 1.50 bits per heavy atom. The third-order valence-corrected chi connectivity index (χ3v) is 3.17. The number of carbonyl (C=O) groups excluding carboxylic acids is 1. The summed E-state index contributed by atoms with van der Waals surface area (Å²) in [7, 11) is 1.69. The van der Waals surface area contributed by atoms with Crippen LogP contribution in [0, 0.1) is 0 Å². The second-order valence-corrected chi connectivity index (χ2v) is 5.11. The van der Waals surface area contributed by atoms with Gasteiger partial charge in [-0.2, -0.15) is 0 Å². The van der Waals surface area contributed by atoms with Crippen molar-refractivity contribution in [2.75, 3.05) is 19.0 Å². The van der Waals surface area contributed by atoms with Gasteiger partial charge in [0.05, 0.1) is 16.2 Å². The molecule has 1 aromatic rings. The molecule has 0 saturated heterocycles. The maximum Gasteiger partial charge on any atom is 0.250 e. The highest BCUT2D eigenvalue weighted by molar-refractivity contribution is 6.33. The smallest absolute Gasteiger partial charge is 0.250 e. The molecule has 0 bridgehead atoms. The molecule has 5 heteroatoms. The first-order chi connectivity index (χ1) is 8.35. The van der Waals surface area contributed by atoms with Gasteiger partial charge in [0.1, 0.15) is 0 Å². The van der Waals surface area contributed by atoms with E-state index in [4.69, 9.17) is 22.1 Å². The number of nitrogens with two attached hydrogens (primary N) is 1. The third-order valence-electron chi connectivity index (χ3n) is 2.84. The van der Waals surface area contributed by atoms with Gasteiger partial charge < -0.3 is 15.8 Å². The average Bonchev–Trinajstić information content (AvgIpc) is 2.31. The molecule has 3 N–H and O–H groups in total. The first-order valence-corrected chi connectivity index (χ1v) is 6.12. The van der Waals surface area contributed by atoms with Crippen LogP contribution >= 0.6 is 11.6 Å². The Bertz CT molecular complexity index is 433. The van der Waals surface area contributed by atoms with Gasteiger partial charge in [0, 0.05) is 19.3 Å². The number of primary amides is 1. The van der Waals surface area contributed by atoms with E-state index < -0.39 is 5.91 Å². The molecule has 18 heavy (non-hydrogen) atoms. The van der Waals surface area contributed by atoms with E-state index in [1.165, 1.54) is 0 Å². The van der Waals surface area contributed by atoms with E-state index in [2.05, 4.69) is 5.32 Å². The summed E-state index contributed by atoms with van der Waals surface area (Å²) in [6.07, 6.45) is 0.845. The number of hydrogen-bond acceptors (Lipinski definition) is 3. The van der Waals surface area contributed by atoms with Crippen molar-refractivity contribution in [2.45, 2.75) is 25.9 Å². The number of halogens is 1. The summed E-state index contributed by atoms with van der Waals surface area (Å²) in [4.78, 5) is 11.1. The van der Waals surface area contributed by atoms with Crippen LogP contribution in [0.4, 0.5) is 5.69 Å². The minimum Gasteiger partial charge on any atom is -0.385 e. The monoisotopic (exact) mass is 270 g/mol. The van der Waals surface area contributed by atoms with Crippen LogP contribution in [0.1, 0.15) is 30.6 Å². The molecule has 0 radical (unpaired) electrons. The highest BCUT2D eigenvalue weighted by Crippen LogP contribution is 2.21. The van der Waals surface area contributed by atoms with Gasteiger partial charge in [-0.3, -0.25) is 4.79 Å². The number of nitrogens with one attached hydrogen (secondary N) is 1. The summed E-state index contributed by atoms with van der Waals surface area (Å²) in [6, 6.07) is 5.13. The fourth-order valence-corrected chi connectivity index (χ4v) is 1.64. The molecule has 0 fully saturated rings. The van der Waals surface area contributed by atoms with Crippen molar-refractivity contribution >= 4 is 23.2 Å². The van der Waals surface area contributed by atoms with Gasteiger partial charge >= 0.3 is 0 Å². The van der Waals surface area contributed by atoms with Crippen LogP contribution in [0.25, 0.3) is 0 Å². The number of benzene rings is 1. The quantitative estimate of drug-likeness (QED) is 0.835. The van der Waals surface area contributed by atoms with E-state index in [1.807, 2.05) is 19.9 Å². The van der Waals surface area contributed by atoms with Crippen LogP contribution in [0.3, 0.4) is 0 Å². The summed E-state index contributed by atoms with van der Waals surface area (Å²) in [6.45, 7) is 4.78. The molecule has 0 saturated carbocycles. The molecule has 0 aromatic heterocycles. The van der Waals surface area contributed by atoms with Crippen LogP contribution in [0.15, 0.2) is 18.2 Å². The Hall–Kier alpha value is -1.26. The molecule has 1 aromatic carbocycles. The molecule has 1 amide bonds. The van der Waals surface area contributed by atoms with E-state index >= 15 is 0 Å². The topological polar surface area (TPSA) is 64.3 Å². The molecule has 1 rings (SSSR count). The van der Waals surface area contributed by atoms with Gasteiger partial charge in [-0.15, -0.1) is 0 Å². The lowest BCUT2D eigenvalue weighted by atomic mass is 10.1. The maximum absolute atomic E-state index is 11.1. The molecular weight excluding hydrogens is 252 g/mol. The summed E-state index contributed by atoms with van der Waals surface area (Å²) < 4.78 is 5.32. The summed E-state index contributed by atoms with van der Waals surface area (Å²) in [5.74, 6) is -0.527. The first-order valence-electron chi connectivity index (χ1n) is 5.74. The number of hydrogen-bond donors (Lipinski definition) is 2. The zero-order valence-corrected chi connectivity index (χ0v) is 11.7. The molecule has 0 spiro atoms. The minimum absolute atomic E-state index is 0.175. The zero-order chi connectivity index (χ0) is 13.8. The Labute approximate surface area is 112 Å². The highest BCUT2D eigenvalue weighted by atomic mass is 35.5. The largest absolute Gasteiger partial charge is 0.385 e. The lowest BCUT2D eigenvalue weighted by Gasteiger charge is -2.23. The second kappa shape index (κ2) is 6.07. The van der Waals surface area contributed by atoms with E-state index in [0.717, 1.165) is 18.7 Å². The van der Waals surface area contributed by atoms with Crippen molar-refractivity contribution in [3.05, 3.63) is 28.8 Å². The van der Waals surface area contributed by atoms with Gasteiger partial charge in [-0.1, -0.05) is 11.6 Å². The molecule has 0 aliphatic heterocycles. The third kappa shape index (κ3) is 4.20. The number of amides is 1. The Kier molecular flexibility index (Phi) is 4.99. The van der Waals surface area contributed by atoms with E-state index in [1.54, 1.807) is 19.2 Å². The maximum atomic E-state index is 11.1. The second-order valence-electron chi connectivity index (χ2n) is 4.70. The predicted molar refractivity (Wildman–Crippen MR) is 74.2 cm³/mol. The summed E-state index contributed by atoms with van der Waals surface area (Å²) >= 11 is 5.87. The minimum atomic E-state index is -0.527. The fourth-order valence-electron chi connectivity index (χ4n) is 1.43. The van der Waals surface area contributed by atoms with E-state index in [0.29, 0.717) is 10.6 Å². The number of anilines is 1. The lowest BCUT2D eigenvalue weighted by molar-refractivity contribution is 0.0185. The zero-order valence-electron chi connectivity index (χ0n) is 10.9. The fraction of sp³-hybridized carbons (Fsp3) is 0.462. The molecular formula is C13H19ClN2O2. The summed E-state index contributed by atoms with van der Waals surface area (Å²) in [5, 5.41) is 3.58. The van der Waals surface area contributed by atoms with E-state index in [9.17, 15) is 4.79 Å². The number of rotatable bonds is 6. The normalized spacial score (nSPS) is 11.3. The van der Waals surface area contributed by atoms with Crippen LogP contribution in [0.5, 0.6) is 0 Å². The van der Waals surface area contributed by atoms with Gasteiger partial charge in [0.15, 0.2) is 0 Å². The predicted octanol–water partition coefficient (Wildman–Crippen LogP) is 2.67. The lowest BCUT2D eigenvalue weighted by Crippen LogP contribution is -2.25. The number of ether oxygens (including phenoxy) is 1. The van der Waals surface area contributed by atoms with Crippen molar-refractivity contribution in [1.82, 2.24) is 0 Å². The van der Waals surface area contributed by atoms with Crippen molar-refractivity contribution in [3.63, 3.8) is 0 Å². The Morgan fingerprint density at radius 2 is 2.17 bits per heavy atom. The van der Waals surface area contributed by atoms with Crippen molar-refractivity contribution in [1.29, 1.82) is 0 Å². The van der Waals surface area contributed by atoms with Gasteiger partial charge in [-0.05, 0) is 38.5 Å². The molecule has 4 nitrogen and oxygen atoms in total. The van der Waals surface area contributed by atoms with E-state index in [-0.39, 0.29) is 5.60 Å². The van der Waals surface area contributed by atoms with Crippen LogP contribution in [-0.2, 0) is 4.74 Å². The Morgan fingerprint density at radius 3 is 2.72 bits per heavy atom. The molecule has 100 valence electrons. The number of carbonyl (C=O) groups is 1. The first kappa shape index (κ1) is 14.8. The molecule has 0 aliphatic rings. The van der Waals surface area contributed by atoms with Gasteiger partial charge in [-0.25, -0.2) is 0 Å². The van der Waals surface area contributed by atoms with Crippen LogP contribution in [-0.4, -0.2) is 25.2 Å². The highest BCUT2D eigenvalue weighted by Gasteiger charge is 2.15.